The van der Waals surface area contributed by atoms with Crippen LogP contribution in [0.3, 0.4) is 0 Å². The van der Waals surface area contributed by atoms with Gasteiger partial charge in [0.1, 0.15) is 6.61 Å². The molecule has 0 radical (unpaired) electrons. The predicted molar refractivity (Wildman–Crippen MR) is 136 cm³/mol. The monoisotopic (exact) mass is 448 g/mol. The van der Waals surface area contributed by atoms with E-state index in [1.54, 1.807) is 13.3 Å². The van der Waals surface area contributed by atoms with Crippen molar-refractivity contribution < 1.29 is 9.47 Å². The lowest BCUT2D eigenvalue weighted by molar-refractivity contribution is 0.280. The summed E-state index contributed by atoms with van der Waals surface area (Å²) >= 11 is 0. The molecule has 6 nitrogen and oxygen atoms in total. The van der Waals surface area contributed by atoms with Gasteiger partial charge in [0, 0.05) is 23.3 Å². The van der Waals surface area contributed by atoms with Crippen LogP contribution in [0, 0.1) is 0 Å². The first-order valence-corrected chi connectivity index (χ1v) is 11.0. The number of benzene rings is 2. The Labute approximate surface area is 197 Å². The second-order valence-corrected chi connectivity index (χ2v) is 7.72. The Morgan fingerprint density at radius 2 is 1.79 bits per heavy atom. The molecule has 2 N–H and O–H groups in total. The van der Waals surface area contributed by atoms with Crippen LogP contribution in [-0.4, -0.2) is 27.3 Å². The van der Waals surface area contributed by atoms with Gasteiger partial charge in [-0.15, -0.1) is 0 Å². The van der Waals surface area contributed by atoms with E-state index >= 15 is 0 Å². The third kappa shape index (κ3) is 4.91. The summed E-state index contributed by atoms with van der Waals surface area (Å²) in [5, 5.41) is 8.64. The molecule has 0 spiro atoms. The molecule has 0 bridgehead atoms. The second kappa shape index (κ2) is 9.92. The normalized spacial score (nSPS) is 11.6. The number of rotatable bonds is 8. The molecule has 5 rings (SSSR count). The van der Waals surface area contributed by atoms with Crippen molar-refractivity contribution in [2.24, 2.45) is 0 Å². The fourth-order valence-corrected chi connectivity index (χ4v) is 3.66. The zero-order valence-electron chi connectivity index (χ0n) is 18.7. The van der Waals surface area contributed by atoms with Crippen molar-refractivity contribution >= 4 is 35.2 Å². The maximum atomic E-state index is 5.88. The minimum atomic E-state index is 0.383. The standard InChI is InChI=1S/C28H24N4O2/c1-33-28-16-20(10-14-27(28)34-19-24-6-4-5-15-29-24)9-12-22-17-23(32-31-22)13-11-21-18-30-26-8-3-2-7-25(21)26/h2-18,30H,19H2,1H3,(H,31,32)/b12-9+,13-11+. The third-order valence-electron chi connectivity index (χ3n) is 5.42. The van der Waals surface area contributed by atoms with Crippen molar-refractivity contribution in [2.45, 2.75) is 6.61 Å². The van der Waals surface area contributed by atoms with Crippen LogP contribution in [0.2, 0.25) is 0 Å². The number of aromatic nitrogens is 4. The van der Waals surface area contributed by atoms with Gasteiger partial charge >= 0.3 is 0 Å². The van der Waals surface area contributed by atoms with Gasteiger partial charge in [-0.2, -0.15) is 5.10 Å². The molecule has 0 aliphatic carbocycles. The first kappa shape index (κ1) is 21.3. The molecular weight excluding hydrogens is 424 g/mol. The lowest BCUT2D eigenvalue weighted by atomic mass is 10.1. The average Bonchev–Trinajstić information content (AvgIpc) is 3.52. The summed E-state index contributed by atoms with van der Waals surface area (Å²) in [6.07, 6.45) is 11.8. The minimum Gasteiger partial charge on any atom is -0.493 e. The number of fused-ring (bicyclic) bond motifs is 1. The third-order valence-corrected chi connectivity index (χ3v) is 5.42. The van der Waals surface area contributed by atoms with E-state index < -0.39 is 0 Å². The van der Waals surface area contributed by atoms with Crippen molar-refractivity contribution in [3.63, 3.8) is 0 Å². The number of hydrogen-bond donors (Lipinski definition) is 2. The van der Waals surface area contributed by atoms with Gasteiger partial charge in [0.05, 0.1) is 24.2 Å². The van der Waals surface area contributed by atoms with E-state index in [9.17, 15) is 0 Å². The predicted octanol–water partition coefficient (Wildman–Crippen LogP) is 6.21. The molecule has 6 heteroatoms. The van der Waals surface area contributed by atoms with E-state index in [2.05, 4.69) is 38.4 Å². The molecule has 34 heavy (non-hydrogen) atoms. The van der Waals surface area contributed by atoms with E-state index in [1.807, 2.05) is 79.0 Å². The van der Waals surface area contributed by atoms with E-state index in [-0.39, 0.29) is 0 Å². The van der Waals surface area contributed by atoms with Crippen LogP contribution in [0.1, 0.15) is 28.2 Å². The van der Waals surface area contributed by atoms with E-state index in [0.717, 1.165) is 33.7 Å². The topological polar surface area (TPSA) is 75.8 Å². The lowest BCUT2D eigenvalue weighted by Crippen LogP contribution is -1.99. The Kier molecular flexibility index (Phi) is 6.21. The van der Waals surface area contributed by atoms with Gasteiger partial charge in [0.15, 0.2) is 11.5 Å². The molecule has 5 aromatic rings. The molecule has 0 aliphatic rings. The highest BCUT2D eigenvalue weighted by Crippen LogP contribution is 2.29. The number of hydrogen-bond acceptors (Lipinski definition) is 4. The second-order valence-electron chi connectivity index (χ2n) is 7.72. The Balaban J connectivity index is 1.25. The smallest absolute Gasteiger partial charge is 0.161 e. The van der Waals surface area contributed by atoms with Crippen LogP contribution >= 0.6 is 0 Å². The van der Waals surface area contributed by atoms with Gasteiger partial charge in [-0.1, -0.05) is 42.5 Å². The number of ether oxygens (including phenoxy) is 2. The Morgan fingerprint density at radius 3 is 2.68 bits per heavy atom. The first-order chi connectivity index (χ1) is 16.8. The fraction of sp³-hybridized carbons (Fsp3) is 0.0714. The highest BCUT2D eigenvalue weighted by molar-refractivity contribution is 5.91. The zero-order chi connectivity index (χ0) is 23.2. The van der Waals surface area contributed by atoms with Gasteiger partial charge in [-0.05, 0) is 59.7 Å². The van der Waals surface area contributed by atoms with Gasteiger partial charge in [0.2, 0.25) is 0 Å². The van der Waals surface area contributed by atoms with Crippen molar-refractivity contribution in [3.05, 3.63) is 107 Å². The van der Waals surface area contributed by atoms with Gasteiger partial charge in [-0.3, -0.25) is 10.1 Å². The highest BCUT2D eigenvalue weighted by Gasteiger charge is 2.06. The van der Waals surface area contributed by atoms with Crippen molar-refractivity contribution in [1.82, 2.24) is 20.2 Å². The van der Waals surface area contributed by atoms with Crippen molar-refractivity contribution in [3.8, 4) is 11.5 Å². The number of pyridine rings is 1. The molecule has 0 fully saturated rings. The van der Waals surface area contributed by atoms with Crippen LogP contribution < -0.4 is 9.47 Å². The SMILES string of the molecule is COc1cc(/C=C/c2cc(/C=C/c3c[nH]c4ccccc34)[nH]n2)ccc1OCc1ccccn1. The van der Waals surface area contributed by atoms with Crippen molar-refractivity contribution in [1.29, 1.82) is 0 Å². The number of nitrogens with zero attached hydrogens (tertiary/aromatic N) is 2. The Morgan fingerprint density at radius 1 is 0.882 bits per heavy atom. The van der Waals surface area contributed by atoms with Gasteiger partial charge in [-0.25, -0.2) is 0 Å². The molecule has 0 saturated carbocycles. The maximum absolute atomic E-state index is 5.88. The minimum absolute atomic E-state index is 0.383. The highest BCUT2D eigenvalue weighted by atomic mass is 16.5. The number of methoxy groups -OCH3 is 1. The van der Waals surface area contributed by atoms with E-state index in [4.69, 9.17) is 9.47 Å². The molecular formula is C28H24N4O2. The molecule has 0 unspecified atom stereocenters. The summed E-state index contributed by atoms with van der Waals surface area (Å²) < 4.78 is 11.4. The molecule has 0 amide bonds. The zero-order valence-corrected chi connectivity index (χ0v) is 18.7. The molecule has 0 saturated heterocycles. The molecule has 2 aromatic carbocycles. The van der Waals surface area contributed by atoms with Crippen molar-refractivity contribution in [2.75, 3.05) is 7.11 Å². The van der Waals surface area contributed by atoms with Gasteiger partial charge < -0.3 is 14.5 Å². The molecule has 3 heterocycles. The quantitative estimate of drug-likeness (QED) is 0.296. The first-order valence-electron chi connectivity index (χ1n) is 11.0. The lowest BCUT2D eigenvalue weighted by Gasteiger charge is -2.11. The maximum Gasteiger partial charge on any atom is 0.161 e. The number of nitrogens with one attached hydrogen (secondary N) is 2. The summed E-state index contributed by atoms with van der Waals surface area (Å²) in [5.41, 5.74) is 5.88. The molecule has 3 aromatic heterocycles. The Hall–Kier alpha value is -4.58. The van der Waals surface area contributed by atoms with Crippen LogP contribution in [0.25, 0.3) is 35.2 Å². The van der Waals surface area contributed by atoms with Crippen LogP contribution in [0.4, 0.5) is 0 Å². The number of H-pyrrole nitrogens is 2. The Bertz CT molecular complexity index is 1450. The molecule has 0 aliphatic heterocycles. The molecule has 0 atom stereocenters. The average molecular weight is 449 g/mol. The number of para-hydroxylation sites is 1. The molecule has 168 valence electrons. The largest absolute Gasteiger partial charge is 0.493 e. The van der Waals surface area contributed by atoms with Crippen LogP contribution in [0.15, 0.2) is 79.1 Å². The summed E-state index contributed by atoms with van der Waals surface area (Å²) in [7, 11) is 1.64. The summed E-state index contributed by atoms with van der Waals surface area (Å²) in [6.45, 7) is 0.383. The summed E-state index contributed by atoms with van der Waals surface area (Å²) in [5.74, 6) is 1.34. The summed E-state index contributed by atoms with van der Waals surface area (Å²) in [6, 6.07) is 21.8. The van der Waals surface area contributed by atoms with Crippen LogP contribution in [-0.2, 0) is 6.61 Å². The van der Waals surface area contributed by atoms with E-state index in [0.29, 0.717) is 18.1 Å². The van der Waals surface area contributed by atoms with Crippen LogP contribution in [0.5, 0.6) is 11.5 Å². The summed E-state index contributed by atoms with van der Waals surface area (Å²) in [4.78, 5) is 7.57. The van der Waals surface area contributed by atoms with E-state index in [1.165, 1.54) is 5.39 Å². The van der Waals surface area contributed by atoms with Gasteiger partial charge in [0.25, 0.3) is 0 Å². The fourth-order valence-electron chi connectivity index (χ4n) is 3.66. The number of aromatic amines is 2.